The van der Waals surface area contributed by atoms with E-state index in [2.05, 4.69) is 53.2 Å². The van der Waals surface area contributed by atoms with Gasteiger partial charge >= 0.3 is 11.8 Å². The molecule has 4 aliphatic rings. The average Bonchev–Trinajstić information content (AvgIpc) is 4.07. The predicted molar refractivity (Wildman–Crippen MR) is 290 cm³/mol. The molecule has 2 aliphatic carbocycles. The van der Waals surface area contributed by atoms with Crippen molar-refractivity contribution < 1.29 is 47.9 Å². The number of nitrogens with zero attached hydrogens (tertiary/aromatic N) is 2. The van der Waals surface area contributed by atoms with E-state index >= 15 is 0 Å². The number of likely N-dealkylation sites (N-methyl/N-ethyl adjacent to an activating group) is 2. The molecule has 22 heteroatoms. The van der Waals surface area contributed by atoms with Gasteiger partial charge in [0.15, 0.2) is 0 Å². The Morgan fingerprint density at radius 1 is 0.538 bits per heavy atom. The number of carbonyl (C=O) groups excluding carboxylic acids is 10. The van der Waals surface area contributed by atoms with Crippen molar-refractivity contribution in [2.45, 2.75) is 167 Å². The van der Waals surface area contributed by atoms with E-state index < -0.39 is 131 Å². The van der Waals surface area contributed by atoms with E-state index in [1.54, 1.807) is 69.5 Å². The van der Waals surface area contributed by atoms with Gasteiger partial charge in [0, 0.05) is 25.2 Å². The smallest absolute Gasteiger partial charge is 0.309 e. The van der Waals surface area contributed by atoms with Gasteiger partial charge in [-0.2, -0.15) is 0 Å². The molecule has 6 rings (SSSR count). The Morgan fingerprint density at radius 2 is 0.897 bits per heavy atom. The number of benzene rings is 2. The highest BCUT2D eigenvalue weighted by molar-refractivity contribution is 6.35. The van der Waals surface area contributed by atoms with Crippen LogP contribution in [0.5, 0.6) is 0 Å². The third-order valence-corrected chi connectivity index (χ3v) is 15.4. The van der Waals surface area contributed by atoms with Crippen molar-refractivity contribution >= 4 is 59.1 Å². The lowest BCUT2D eigenvalue weighted by Gasteiger charge is -2.36. The molecule has 2 saturated heterocycles. The summed E-state index contributed by atoms with van der Waals surface area (Å²) in [6, 6.07) is 8.28. The van der Waals surface area contributed by atoms with Crippen LogP contribution >= 0.6 is 0 Å². The number of aryl methyl sites for hydroxylation is 2. The van der Waals surface area contributed by atoms with Gasteiger partial charge < -0.3 is 63.0 Å². The average molecular weight is 1080 g/mol. The first kappa shape index (κ1) is 60.3. The molecular weight excluding hydrogens is 1000 g/mol. The zero-order valence-electron chi connectivity index (χ0n) is 46.9. The van der Waals surface area contributed by atoms with E-state index in [-0.39, 0.29) is 38.0 Å². The summed E-state index contributed by atoms with van der Waals surface area (Å²) in [5.74, 6) is -6.52. The number of hydrogen-bond donors (Lipinski definition) is 10. The second-order valence-electron chi connectivity index (χ2n) is 23.3. The van der Waals surface area contributed by atoms with Gasteiger partial charge in [-0.25, -0.2) is 0 Å². The summed E-state index contributed by atoms with van der Waals surface area (Å²) in [5.41, 5.74) is 2.70. The highest BCUT2D eigenvalue weighted by atomic mass is 16.2. The SMILES string of the molecule is CN[C@@H](C)C(=O)N[C@H](C(=O)N1C[C@@H](NC(=O)CNC(=O)C(=O)NCC(=O)N[C@H]2C[C@@H](C(=O)N[C@@H]3CCCc4ccccc43)N(C(=O)[C@@H](NC(=O)[C@H](C)NC)C(C)(C)C)C2)C[C@H]1C(=O)N[C@@H]1CCCc2ccccc21)C(C)(C)C. The molecule has 0 aromatic heterocycles. The van der Waals surface area contributed by atoms with Gasteiger partial charge in [-0.3, -0.25) is 47.9 Å². The lowest BCUT2D eigenvalue weighted by molar-refractivity contribution is -0.144. The minimum atomic E-state index is -1.22. The van der Waals surface area contributed by atoms with E-state index in [0.717, 1.165) is 47.9 Å². The molecule has 78 heavy (non-hydrogen) atoms. The van der Waals surface area contributed by atoms with Crippen molar-refractivity contribution in [3.05, 3.63) is 70.8 Å². The summed E-state index contributed by atoms with van der Waals surface area (Å²) in [6.07, 6.45) is 4.90. The van der Waals surface area contributed by atoms with Crippen molar-refractivity contribution in [3.8, 4) is 0 Å². The molecular formula is C56H82N12O10. The van der Waals surface area contributed by atoms with E-state index in [1.807, 2.05) is 48.5 Å². The van der Waals surface area contributed by atoms with Crippen LogP contribution in [0.4, 0.5) is 0 Å². The van der Waals surface area contributed by atoms with E-state index in [4.69, 9.17) is 0 Å². The van der Waals surface area contributed by atoms with Crippen LogP contribution in [0.3, 0.4) is 0 Å². The van der Waals surface area contributed by atoms with Crippen LogP contribution in [-0.2, 0) is 60.8 Å². The van der Waals surface area contributed by atoms with Gasteiger partial charge in [0.25, 0.3) is 0 Å². The Hall–Kier alpha value is -6.94. The maximum Gasteiger partial charge on any atom is 0.309 e. The number of carbonyl (C=O) groups is 10. The van der Waals surface area contributed by atoms with Crippen molar-refractivity contribution in [2.75, 3.05) is 40.3 Å². The Bertz CT molecular complexity index is 2410. The lowest BCUT2D eigenvalue weighted by Crippen LogP contribution is -2.59. The first-order chi connectivity index (χ1) is 36.8. The summed E-state index contributed by atoms with van der Waals surface area (Å²) >= 11 is 0. The van der Waals surface area contributed by atoms with Crippen molar-refractivity contribution in [3.63, 3.8) is 0 Å². The van der Waals surface area contributed by atoms with Crippen LogP contribution in [-0.4, -0.2) is 157 Å². The van der Waals surface area contributed by atoms with Crippen LogP contribution < -0.4 is 53.2 Å². The minimum absolute atomic E-state index is 0.0238. The third kappa shape index (κ3) is 15.2. The maximum absolute atomic E-state index is 14.5. The Morgan fingerprint density at radius 3 is 1.24 bits per heavy atom. The van der Waals surface area contributed by atoms with Crippen LogP contribution in [0.1, 0.15) is 128 Å². The molecule has 0 radical (unpaired) electrons. The summed E-state index contributed by atoms with van der Waals surface area (Å²) in [4.78, 5) is 139. The summed E-state index contributed by atoms with van der Waals surface area (Å²) in [7, 11) is 3.25. The van der Waals surface area contributed by atoms with Crippen molar-refractivity contribution in [1.82, 2.24) is 63.0 Å². The van der Waals surface area contributed by atoms with Gasteiger partial charge in [-0.1, -0.05) is 90.1 Å². The highest BCUT2D eigenvalue weighted by Crippen LogP contribution is 2.33. The fourth-order valence-electron chi connectivity index (χ4n) is 10.7. The topological polar surface area (TPSA) is 297 Å². The van der Waals surface area contributed by atoms with E-state index in [0.29, 0.717) is 12.8 Å². The molecule has 10 amide bonds. The molecule has 0 unspecified atom stereocenters. The van der Waals surface area contributed by atoms with Crippen LogP contribution in [0.15, 0.2) is 48.5 Å². The van der Waals surface area contributed by atoms with Crippen LogP contribution in [0, 0.1) is 10.8 Å². The van der Waals surface area contributed by atoms with Gasteiger partial charge in [0.2, 0.25) is 47.3 Å². The largest absolute Gasteiger partial charge is 0.350 e. The molecule has 2 aromatic carbocycles. The highest BCUT2D eigenvalue weighted by Gasteiger charge is 2.48. The van der Waals surface area contributed by atoms with Gasteiger partial charge in [0.05, 0.1) is 37.3 Å². The standard InChI is InChI=1S/C56H82N12O10/c1-31(57-9)47(71)65-45(55(3,4)5)53(77)67-29-35(25-41(67)49(73)63-39-23-15-19-33-17-11-13-21-37(33)39)61-43(69)27-59-51(75)52(76)60-28-44(70)62-36-26-42(50(74)64-40-24-16-20-34-18-12-14-22-38(34)40)68(30-36)54(78)46(56(6,7)8)66-48(72)32(2)58-10/h11-14,17-18,21-22,31-32,35-36,39-42,45-46,57-58H,15-16,19-20,23-30H2,1-10H3,(H,59,75)(H,60,76)(H,61,69)(H,62,70)(H,63,73)(H,64,74)(H,65,71)(H,66,72)/t31-,32-,35-,36-,39+,40+,41-,42-,45+,46+/m0/s1. The monoisotopic (exact) mass is 1080 g/mol. The first-order valence-corrected chi connectivity index (χ1v) is 27.3. The second-order valence-corrected chi connectivity index (χ2v) is 23.3. The Kier molecular flexibility index (Phi) is 20.2. The molecule has 426 valence electrons. The van der Waals surface area contributed by atoms with Crippen molar-refractivity contribution in [2.24, 2.45) is 10.8 Å². The van der Waals surface area contributed by atoms with Crippen LogP contribution in [0.25, 0.3) is 0 Å². The summed E-state index contributed by atoms with van der Waals surface area (Å²) in [5, 5.41) is 27.8. The molecule has 0 spiro atoms. The lowest BCUT2D eigenvalue weighted by atomic mass is 9.85. The van der Waals surface area contributed by atoms with Gasteiger partial charge in [0.1, 0.15) is 24.2 Å². The number of nitrogens with one attached hydrogen (secondary N) is 10. The molecule has 2 heterocycles. The number of rotatable bonds is 18. The number of likely N-dealkylation sites (tertiary alicyclic amines) is 2. The normalized spacial score (nSPS) is 22.4. The molecule has 2 fully saturated rings. The number of fused-ring (bicyclic) bond motifs is 2. The third-order valence-electron chi connectivity index (χ3n) is 15.4. The first-order valence-electron chi connectivity index (χ1n) is 27.3. The molecule has 10 atom stereocenters. The quantitative estimate of drug-likeness (QED) is 0.0888. The molecule has 2 aliphatic heterocycles. The molecule has 10 N–H and O–H groups in total. The van der Waals surface area contributed by atoms with Gasteiger partial charge in [-0.15, -0.1) is 0 Å². The van der Waals surface area contributed by atoms with E-state index in [1.165, 1.54) is 9.80 Å². The minimum Gasteiger partial charge on any atom is -0.350 e. The van der Waals surface area contributed by atoms with Crippen molar-refractivity contribution in [1.29, 1.82) is 0 Å². The molecule has 22 nitrogen and oxygen atoms in total. The fourth-order valence-corrected chi connectivity index (χ4v) is 10.7. The maximum atomic E-state index is 14.5. The zero-order valence-corrected chi connectivity index (χ0v) is 46.9. The van der Waals surface area contributed by atoms with Crippen LogP contribution in [0.2, 0.25) is 0 Å². The molecule has 0 bridgehead atoms. The fraction of sp³-hybridized carbons (Fsp3) is 0.607. The number of amides is 10. The summed E-state index contributed by atoms with van der Waals surface area (Å²) in [6.45, 7) is 12.6. The zero-order chi connectivity index (χ0) is 57.2. The predicted octanol–water partition coefficient (Wildman–Crippen LogP) is 0.0554. The Labute approximate surface area is 457 Å². The molecule has 0 saturated carbocycles. The van der Waals surface area contributed by atoms with E-state index in [9.17, 15) is 47.9 Å². The second kappa shape index (κ2) is 26.1. The Balaban J connectivity index is 1.06. The summed E-state index contributed by atoms with van der Waals surface area (Å²) < 4.78 is 0. The van der Waals surface area contributed by atoms with Gasteiger partial charge in [-0.05, 0) is 112 Å². The number of hydrogen-bond acceptors (Lipinski definition) is 12. The molecule has 2 aromatic rings.